The Kier molecular flexibility index (Phi) is 1.65. The van der Waals surface area contributed by atoms with E-state index in [0.717, 1.165) is 12.8 Å². The molecular weight excluding hydrogens is 139 g/mol. The zero-order valence-corrected chi connectivity index (χ0v) is 6.39. The SMILES string of the molecule is FCC1Cc2ccccc2C1. The topological polar surface area (TPSA) is 0 Å². The Balaban J connectivity index is 2.27. The van der Waals surface area contributed by atoms with Crippen LogP contribution in [0.3, 0.4) is 0 Å². The first-order chi connectivity index (χ1) is 5.40. The van der Waals surface area contributed by atoms with Crippen LogP contribution in [0.4, 0.5) is 4.39 Å². The van der Waals surface area contributed by atoms with Crippen LogP contribution in [-0.4, -0.2) is 6.67 Å². The van der Waals surface area contributed by atoms with E-state index >= 15 is 0 Å². The molecule has 11 heavy (non-hydrogen) atoms. The summed E-state index contributed by atoms with van der Waals surface area (Å²) in [6.45, 7) is -0.172. The maximum absolute atomic E-state index is 12.3. The van der Waals surface area contributed by atoms with E-state index in [1.165, 1.54) is 11.1 Å². The average molecular weight is 150 g/mol. The fourth-order valence-electron chi connectivity index (χ4n) is 1.76. The molecule has 0 radical (unpaired) electrons. The van der Waals surface area contributed by atoms with Crippen molar-refractivity contribution >= 4 is 0 Å². The molecule has 0 amide bonds. The van der Waals surface area contributed by atoms with E-state index < -0.39 is 0 Å². The van der Waals surface area contributed by atoms with Crippen LogP contribution in [0.25, 0.3) is 0 Å². The molecule has 1 aromatic carbocycles. The summed E-state index contributed by atoms with van der Waals surface area (Å²) in [6, 6.07) is 8.26. The van der Waals surface area contributed by atoms with Crippen LogP contribution in [0.15, 0.2) is 24.3 Å². The van der Waals surface area contributed by atoms with Crippen LogP contribution in [0.2, 0.25) is 0 Å². The number of rotatable bonds is 1. The lowest BCUT2D eigenvalue weighted by Crippen LogP contribution is -2.00. The molecule has 0 atom stereocenters. The van der Waals surface area contributed by atoms with Gasteiger partial charge in [-0.15, -0.1) is 0 Å². The predicted molar refractivity (Wildman–Crippen MR) is 43.3 cm³/mol. The Hall–Kier alpha value is -0.850. The van der Waals surface area contributed by atoms with Crippen LogP contribution in [0.1, 0.15) is 11.1 Å². The van der Waals surface area contributed by atoms with E-state index in [9.17, 15) is 4.39 Å². The first-order valence-corrected chi connectivity index (χ1v) is 4.03. The molecule has 0 heterocycles. The molecule has 0 bridgehead atoms. The summed E-state index contributed by atoms with van der Waals surface area (Å²) in [5.74, 6) is 0.257. The summed E-state index contributed by atoms with van der Waals surface area (Å²) < 4.78 is 12.3. The second-order valence-corrected chi connectivity index (χ2v) is 3.20. The van der Waals surface area contributed by atoms with Gasteiger partial charge in [0.05, 0.1) is 6.67 Å². The maximum atomic E-state index is 12.3. The van der Waals surface area contributed by atoms with Gasteiger partial charge >= 0.3 is 0 Å². The van der Waals surface area contributed by atoms with Crippen molar-refractivity contribution in [3.63, 3.8) is 0 Å². The van der Waals surface area contributed by atoms with Crippen LogP contribution in [-0.2, 0) is 12.8 Å². The minimum Gasteiger partial charge on any atom is -0.251 e. The summed E-state index contributed by atoms with van der Waals surface area (Å²) in [7, 11) is 0. The van der Waals surface area contributed by atoms with Gasteiger partial charge in [0.15, 0.2) is 0 Å². The molecule has 1 aliphatic rings. The summed E-state index contributed by atoms with van der Waals surface area (Å²) >= 11 is 0. The van der Waals surface area contributed by atoms with Gasteiger partial charge in [-0.2, -0.15) is 0 Å². The number of alkyl halides is 1. The monoisotopic (exact) mass is 150 g/mol. The lowest BCUT2D eigenvalue weighted by Gasteiger charge is -1.98. The van der Waals surface area contributed by atoms with Gasteiger partial charge in [0.2, 0.25) is 0 Å². The molecule has 1 heteroatoms. The van der Waals surface area contributed by atoms with E-state index in [1.54, 1.807) is 0 Å². The lowest BCUT2D eigenvalue weighted by atomic mass is 10.1. The van der Waals surface area contributed by atoms with Gasteiger partial charge < -0.3 is 0 Å². The van der Waals surface area contributed by atoms with Crippen molar-refractivity contribution in [2.45, 2.75) is 12.8 Å². The molecule has 0 spiro atoms. The van der Waals surface area contributed by atoms with Gasteiger partial charge in [0.1, 0.15) is 0 Å². The zero-order chi connectivity index (χ0) is 7.68. The van der Waals surface area contributed by atoms with Crippen molar-refractivity contribution in [2.24, 2.45) is 5.92 Å². The van der Waals surface area contributed by atoms with Crippen molar-refractivity contribution in [3.8, 4) is 0 Å². The van der Waals surface area contributed by atoms with E-state index in [1.807, 2.05) is 12.1 Å². The van der Waals surface area contributed by atoms with Crippen molar-refractivity contribution in [2.75, 3.05) is 6.67 Å². The van der Waals surface area contributed by atoms with E-state index in [4.69, 9.17) is 0 Å². The Morgan fingerprint density at radius 3 is 2.18 bits per heavy atom. The number of halogens is 1. The second-order valence-electron chi connectivity index (χ2n) is 3.20. The Bertz CT molecular complexity index is 230. The summed E-state index contributed by atoms with van der Waals surface area (Å²) in [6.07, 6.45) is 1.87. The Morgan fingerprint density at radius 2 is 1.73 bits per heavy atom. The first kappa shape index (κ1) is 6.84. The molecule has 1 aliphatic carbocycles. The standard InChI is InChI=1S/C10H11F/c11-7-8-5-9-3-1-2-4-10(9)6-8/h1-4,8H,5-7H2. The van der Waals surface area contributed by atoms with Crippen LogP contribution in [0.5, 0.6) is 0 Å². The molecule has 0 aliphatic heterocycles. The van der Waals surface area contributed by atoms with Crippen molar-refractivity contribution in [3.05, 3.63) is 35.4 Å². The fraction of sp³-hybridized carbons (Fsp3) is 0.400. The Labute approximate surface area is 66.1 Å². The Morgan fingerprint density at radius 1 is 1.18 bits per heavy atom. The van der Waals surface area contributed by atoms with Gasteiger partial charge in [0.25, 0.3) is 0 Å². The number of benzene rings is 1. The summed E-state index contributed by atoms with van der Waals surface area (Å²) in [5, 5.41) is 0. The largest absolute Gasteiger partial charge is 0.251 e. The summed E-state index contributed by atoms with van der Waals surface area (Å²) in [4.78, 5) is 0. The highest BCUT2D eigenvalue weighted by atomic mass is 19.1. The van der Waals surface area contributed by atoms with Crippen LogP contribution >= 0.6 is 0 Å². The highest BCUT2D eigenvalue weighted by molar-refractivity contribution is 5.31. The minimum absolute atomic E-state index is 0.172. The number of hydrogen-bond donors (Lipinski definition) is 0. The molecule has 0 saturated carbocycles. The molecule has 1 aromatic rings. The highest BCUT2D eigenvalue weighted by Crippen LogP contribution is 2.26. The highest BCUT2D eigenvalue weighted by Gasteiger charge is 2.19. The molecular formula is C10H11F. The first-order valence-electron chi connectivity index (χ1n) is 4.03. The molecule has 0 unspecified atom stereocenters. The van der Waals surface area contributed by atoms with Gasteiger partial charge in [-0.25, -0.2) is 0 Å². The zero-order valence-electron chi connectivity index (χ0n) is 6.39. The number of fused-ring (bicyclic) bond motifs is 1. The third-order valence-corrected chi connectivity index (χ3v) is 2.35. The molecule has 2 rings (SSSR count). The van der Waals surface area contributed by atoms with E-state index in [2.05, 4.69) is 12.1 Å². The van der Waals surface area contributed by atoms with Crippen molar-refractivity contribution in [1.29, 1.82) is 0 Å². The van der Waals surface area contributed by atoms with Crippen molar-refractivity contribution < 1.29 is 4.39 Å². The van der Waals surface area contributed by atoms with Crippen LogP contribution < -0.4 is 0 Å². The summed E-state index contributed by atoms with van der Waals surface area (Å²) in [5.41, 5.74) is 2.69. The van der Waals surface area contributed by atoms with E-state index in [0.29, 0.717) is 0 Å². The van der Waals surface area contributed by atoms with Gasteiger partial charge in [-0.05, 0) is 29.9 Å². The molecule has 0 aromatic heterocycles. The maximum Gasteiger partial charge on any atom is 0.0928 e. The third-order valence-electron chi connectivity index (χ3n) is 2.35. The molecule has 58 valence electrons. The molecule has 0 fully saturated rings. The average Bonchev–Trinajstić information content (AvgIpc) is 2.46. The smallest absolute Gasteiger partial charge is 0.0928 e. The molecule has 0 saturated heterocycles. The van der Waals surface area contributed by atoms with Gasteiger partial charge in [0, 0.05) is 0 Å². The van der Waals surface area contributed by atoms with E-state index in [-0.39, 0.29) is 12.6 Å². The number of hydrogen-bond acceptors (Lipinski definition) is 0. The quantitative estimate of drug-likeness (QED) is 0.576. The minimum atomic E-state index is -0.172. The second kappa shape index (κ2) is 2.65. The van der Waals surface area contributed by atoms with Crippen molar-refractivity contribution in [1.82, 2.24) is 0 Å². The molecule has 0 nitrogen and oxygen atoms in total. The third kappa shape index (κ3) is 1.15. The van der Waals surface area contributed by atoms with Gasteiger partial charge in [-0.1, -0.05) is 24.3 Å². The molecule has 0 N–H and O–H groups in total. The van der Waals surface area contributed by atoms with Gasteiger partial charge in [-0.3, -0.25) is 4.39 Å². The lowest BCUT2D eigenvalue weighted by molar-refractivity contribution is 0.373. The normalized spacial score (nSPS) is 16.8. The fourth-order valence-corrected chi connectivity index (χ4v) is 1.76. The predicted octanol–water partition coefficient (Wildman–Crippen LogP) is 2.37. The van der Waals surface area contributed by atoms with Crippen LogP contribution in [0, 0.1) is 5.92 Å².